The lowest BCUT2D eigenvalue weighted by Crippen LogP contribution is -2.00. The largest absolute Gasteiger partial charge is 0.478 e. The number of anilines is 1. The van der Waals surface area contributed by atoms with Crippen LogP contribution in [0, 0.1) is 0 Å². The normalized spacial score (nSPS) is 11.1. The van der Waals surface area contributed by atoms with Crippen LogP contribution in [0.4, 0.5) is 5.13 Å². The predicted molar refractivity (Wildman–Crippen MR) is 53.3 cm³/mol. The third-order valence-electron chi connectivity index (χ3n) is 1.30. The van der Waals surface area contributed by atoms with Crippen molar-refractivity contribution in [3.05, 3.63) is 16.6 Å². The number of carbonyl (C=O) groups is 2. The van der Waals surface area contributed by atoms with E-state index in [9.17, 15) is 9.59 Å². The Morgan fingerprint density at radius 2 is 2.43 bits per heavy atom. The Balaban J connectivity index is 2.95. The Bertz CT molecular complexity index is 388. The minimum absolute atomic E-state index is 0.109. The fourth-order valence-corrected chi connectivity index (χ4v) is 1.60. The van der Waals surface area contributed by atoms with Crippen LogP contribution in [0.3, 0.4) is 0 Å². The molecule has 2 N–H and O–H groups in total. The highest BCUT2D eigenvalue weighted by atomic mass is 35.5. The van der Waals surface area contributed by atoms with Gasteiger partial charge < -0.3 is 10.4 Å². The number of rotatable bonds is 4. The summed E-state index contributed by atoms with van der Waals surface area (Å²) in [7, 11) is 0. The van der Waals surface area contributed by atoms with E-state index >= 15 is 0 Å². The number of hydrogen-bond donors (Lipinski definition) is 2. The lowest BCUT2D eigenvalue weighted by atomic mass is 10.2. The van der Waals surface area contributed by atoms with Crippen LogP contribution in [0.1, 0.15) is 5.69 Å². The molecule has 0 aliphatic rings. The smallest absolute Gasteiger partial charge is 0.338 e. The van der Waals surface area contributed by atoms with E-state index in [-0.39, 0.29) is 11.3 Å². The number of amides is 1. The van der Waals surface area contributed by atoms with E-state index in [4.69, 9.17) is 16.7 Å². The Hall–Kier alpha value is -1.40. The highest BCUT2D eigenvalue weighted by molar-refractivity contribution is 7.14. The second-order valence-corrected chi connectivity index (χ2v) is 3.20. The third kappa shape index (κ3) is 2.30. The van der Waals surface area contributed by atoms with Crippen molar-refractivity contribution in [2.75, 3.05) is 5.32 Å². The minimum Gasteiger partial charge on any atom is -0.478 e. The lowest BCUT2D eigenvalue weighted by Gasteiger charge is -1.93. The molecule has 1 aromatic heterocycles. The first-order chi connectivity index (χ1) is 6.69. The number of hydrogen-bond acceptors (Lipinski definition) is 4. The number of aliphatic carboxylic acids is 1. The highest BCUT2D eigenvalue weighted by Crippen LogP contribution is 2.21. The summed E-state index contributed by atoms with van der Waals surface area (Å²) in [5, 5.41) is 12.8. The van der Waals surface area contributed by atoms with E-state index in [0.717, 1.165) is 16.9 Å². The average Bonchev–Trinajstić information content (AvgIpc) is 2.54. The van der Waals surface area contributed by atoms with Gasteiger partial charge in [0.25, 0.3) is 0 Å². The van der Waals surface area contributed by atoms with Gasteiger partial charge in [0.2, 0.25) is 6.41 Å². The molecule has 0 radical (unpaired) electrons. The number of carbonyl (C=O) groups excluding carboxylic acids is 1. The van der Waals surface area contributed by atoms with Gasteiger partial charge in [-0.15, -0.1) is 11.3 Å². The molecule has 0 saturated carbocycles. The predicted octanol–water partition coefficient (Wildman–Crippen LogP) is 1.38. The van der Waals surface area contributed by atoms with Crippen molar-refractivity contribution in [2.45, 2.75) is 0 Å². The third-order valence-corrected chi connectivity index (χ3v) is 2.29. The van der Waals surface area contributed by atoms with E-state index in [2.05, 4.69) is 10.3 Å². The molecule has 1 heterocycles. The summed E-state index contributed by atoms with van der Waals surface area (Å²) in [6.45, 7) is 0. The van der Waals surface area contributed by atoms with E-state index in [1.165, 1.54) is 5.38 Å². The second-order valence-electron chi connectivity index (χ2n) is 2.13. The van der Waals surface area contributed by atoms with E-state index in [1.54, 1.807) is 0 Å². The first-order valence-electron chi connectivity index (χ1n) is 3.38. The molecule has 0 unspecified atom stereocenters. The van der Waals surface area contributed by atoms with Crippen LogP contribution >= 0.6 is 22.9 Å². The number of carboxylic acid groups (broad SMARTS) is 1. The fraction of sp³-hybridized carbons (Fsp3) is 0. The van der Waals surface area contributed by atoms with Gasteiger partial charge in [0.15, 0.2) is 5.13 Å². The fourth-order valence-electron chi connectivity index (χ4n) is 0.726. The number of carboxylic acids is 1. The van der Waals surface area contributed by atoms with Crippen LogP contribution in [-0.4, -0.2) is 22.5 Å². The van der Waals surface area contributed by atoms with Crippen molar-refractivity contribution in [2.24, 2.45) is 0 Å². The maximum Gasteiger partial charge on any atom is 0.338 e. The van der Waals surface area contributed by atoms with Crippen LogP contribution in [-0.2, 0) is 9.59 Å². The molecule has 5 nitrogen and oxygen atoms in total. The standard InChI is InChI=1S/C7H5ClN2O3S/c8-1-4(6(12)13)5-2-14-7(10-5)9-3-11/h1-3H,(H,12,13)(H,9,10,11)/b4-1-. The lowest BCUT2D eigenvalue weighted by molar-refractivity contribution is -0.130. The van der Waals surface area contributed by atoms with Crippen molar-refractivity contribution >= 4 is 46.0 Å². The van der Waals surface area contributed by atoms with Crippen LogP contribution in [0.25, 0.3) is 5.57 Å². The van der Waals surface area contributed by atoms with Crippen LogP contribution in [0.2, 0.25) is 0 Å². The van der Waals surface area contributed by atoms with E-state index in [1.807, 2.05) is 0 Å². The SMILES string of the molecule is O=CNc1nc(/C(=C/Cl)C(=O)O)cs1. The zero-order valence-corrected chi connectivity index (χ0v) is 8.30. The van der Waals surface area contributed by atoms with Gasteiger partial charge in [-0.25, -0.2) is 9.78 Å². The molecule has 1 amide bonds. The molecule has 0 aliphatic heterocycles. The topological polar surface area (TPSA) is 79.3 Å². The highest BCUT2D eigenvalue weighted by Gasteiger charge is 2.13. The molecular formula is C7H5ClN2O3S. The monoisotopic (exact) mass is 232 g/mol. The molecule has 0 aromatic carbocycles. The van der Waals surface area contributed by atoms with Crippen molar-refractivity contribution in [1.82, 2.24) is 4.98 Å². The summed E-state index contributed by atoms with van der Waals surface area (Å²) in [4.78, 5) is 24.5. The Labute approximate surface area is 88.0 Å². The number of aromatic nitrogens is 1. The molecule has 0 spiro atoms. The van der Waals surface area contributed by atoms with Gasteiger partial charge in [-0.05, 0) is 0 Å². The maximum atomic E-state index is 10.6. The van der Waals surface area contributed by atoms with Crippen LogP contribution in [0.15, 0.2) is 10.9 Å². The van der Waals surface area contributed by atoms with Crippen molar-refractivity contribution in [1.29, 1.82) is 0 Å². The summed E-state index contributed by atoms with van der Waals surface area (Å²) in [5.74, 6) is -1.16. The van der Waals surface area contributed by atoms with Gasteiger partial charge in [-0.1, -0.05) is 11.6 Å². The summed E-state index contributed by atoms with van der Waals surface area (Å²) in [5.41, 5.74) is 1.05. The van der Waals surface area contributed by atoms with E-state index in [0.29, 0.717) is 11.5 Å². The molecule has 0 saturated heterocycles. The number of nitrogens with zero attached hydrogens (tertiary/aromatic N) is 1. The second kappa shape index (κ2) is 4.73. The number of halogens is 1. The zero-order chi connectivity index (χ0) is 10.6. The maximum absolute atomic E-state index is 10.6. The first-order valence-corrected chi connectivity index (χ1v) is 4.70. The summed E-state index contributed by atoms with van der Waals surface area (Å²) < 4.78 is 0. The van der Waals surface area contributed by atoms with Crippen LogP contribution in [0.5, 0.6) is 0 Å². The van der Waals surface area contributed by atoms with Crippen molar-refractivity contribution in [3.8, 4) is 0 Å². The molecule has 74 valence electrons. The first kappa shape index (κ1) is 10.7. The van der Waals surface area contributed by atoms with Crippen molar-refractivity contribution < 1.29 is 14.7 Å². The molecule has 1 rings (SSSR count). The Morgan fingerprint density at radius 1 is 1.71 bits per heavy atom. The van der Waals surface area contributed by atoms with Gasteiger partial charge in [0, 0.05) is 10.9 Å². The summed E-state index contributed by atoms with van der Waals surface area (Å²) in [6, 6.07) is 0. The van der Waals surface area contributed by atoms with E-state index < -0.39 is 5.97 Å². The Kier molecular flexibility index (Phi) is 3.61. The summed E-state index contributed by atoms with van der Waals surface area (Å²) >= 11 is 6.43. The molecule has 7 heteroatoms. The molecule has 0 atom stereocenters. The molecule has 0 bridgehead atoms. The quantitative estimate of drug-likeness (QED) is 0.607. The molecule has 1 aromatic rings. The van der Waals surface area contributed by atoms with Gasteiger partial charge in [-0.2, -0.15) is 0 Å². The molecule has 0 aliphatic carbocycles. The van der Waals surface area contributed by atoms with Gasteiger partial charge >= 0.3 is 5.97 Å². The van der Waals surface area contributed by atoms with Crippen molar-refractivity contribution in [3.63, 3.8) is 0 Å². The minimum atomic E-state index is -1.16. The van der Waals surface area contributed by atoms with Gasteiger partial charge in [0.1, 0.15) is 0 Å². The molecular weight excluding hydrogens is 228 g/mol. The zero-order valence-electron chi connectivity index (χ0n) is 6.73. The van der Waals surface area contributed by atoms with Gasteiger partial charge in [-0.3, -0.25) is 4.79 Å². The van der Waals surface area contributed by atoms with Gasteiger partial charge in [0.05, 0.1) is 11.3 Å². The molecule has 0 fully saturated rings. The van der Waals surface area contributed by atoms with Crippen LogP contribution < -0.4 is 5.32 Å². The molecule has 14 heavy (non-hydrogen) atoms. The summed E-state index contributed by atoms with van der Waals surface area (Å²) in [6.07, 6.45) is 0.466. The number of thiazole rings is 1. The number of nitrogens with one attached hydrogen (secondary N) is 1. The average molecular weight is 233 g/mol. The Morgan fingerprint density at radius 3 is 2.93 bits per heavy atom.